The van der Waals surface area contributed by atoms with Crippen LogP contribution in [0, 0.1) is 0 Å². The zero-order valence-electron chi connectivity index (χ0n) is 11.7. The van der Waals surface area contributed by atoms with Gasteiger partial charge in [-0.2, -0.15) is 0 Å². The minimum absolute atomic E-state index is 0.189. The van der Waals surface area contributed by atoms with Gasteiger partial charge in [-0.25, -0.2) is 15.0 Å². The molecular weight excluding hydrogens is 292 g/mol. The van der Waals surface area contributed by atoms with Crippen LogP contribution < -0.4 is 11.1 Å². The summed E-state index contributed by atoms with van der Waals surface area (Å²) in [5, 5.41) is 22.2. The number of fused-ring (bicyclic) bond motifs is 1. The fourth-order valence-electron chi connectivity index (χ4n) is 2.51. The number of hydrogen-bond donors (Lipinski definition) is 4. The van der Waals surface area contributed by atoms with Gasteiger partial charge < -0.3 is 26.0 Å². The van der Waals surface area contributed by atoms with Crippen LogP contribution in [0.15, 0.2) is 12.7 Å². The molecule has 0 radical (unpaired) electrons. The highest BCUT2D eigenvalue weighted by Crippen LogP contribution is 2.32. The number of rotatable bonds is 3. The highest BCUT2D eigenvalue weighted by atomic mass is 16.5. The van der Waals surface area contributed by atoms with Gasteiger partial charge in [0.1, 0.15) is 24.2 Å². The Morgan fingerprint density at radius 3 is 3.05 bits per heavy atom. The van der Waals surface area contributed by atoms with E-state index in [1.54, 1.807) is 4.57 Å². The van der Waals surface area contributed by atoms with Crippen molar-refractivity contribution in [3.63, 3.8) is 0 Å². The van der Waals surface area contributed by atoms with Gasteiger partial charge in [0.25, 0.3) is 5.91 Å². The van der Waals surface area contributed by atoms with Crippen molar-refractivity contribution in [1.29, 1.82) is 0 Å². The maximum atomic E-state index is 11.5. The predicted molar refractivity (Wildman–Crippen MR) is 74.3 cm³/mol. The molecule has 1 aliphatic rings. The summed E-state index contributed by atoms with van der Waals surface area (Å²) in [6, 6.07) is 0. The van der Waals surface area contributed by atoms with E-state index in [2.05, 4.69) is 20.3 Å². The number of aliphatic hydroxyl groups excluding tert-OH is 2. The Hall–Kier alpha value is -2.30. The van der Waals surface area contributed by atoms with E-state index in [0.29, 0.717) is 11.2 Å². The number of carbonyl (C=O) groups excluding carboxylic acids is 1. The third kappa shape index (κ3) is 2.26. The molecule has 118 valence electrons. The number of anilines is 1. The summed E-state index contributed by atoms with van der Waals surface area (Å²) in [5.41, 5.74) is 6.60. The number of amides is 1. The molecule has 1 amide bonds. The third-order valence-electron chi connectivity index (χ3n) is 3.66. The van der Waals surface area contributed by atoms with E-state index in [1.165, 1.54) is 19.7 Å². The largest absolute Gasteiger partial charge is 0.390 e. The number of imidazole rings is 1. The van der Waals surface area contributed by atoms with Crippen LogP contribution in [0.25, 0.3) is 11.2 Å². The van der Waals surface area contributed by atoms with Crippen molar-refractivity contribution in [3.8, 4) is 0 Å². The second-order valence-corrected chi connectivity index (χ2v) is 5.00. The summed E-state index contributed by atoms with van der Waals surface area (Å²) in [4.78, 5) is 23.6. The molecule has 1 saturated heterocycles. The fraction of sp³-hybridized carbons (Fsp3) is 0.500. The zero-order chi connectivity index (χ0) is 15.9. The molecule has 2 aromatic heterocycles. The molecule has 10 heteroatoms. The topological polar surface area (TPSA) is 148 Å². The maximum Gasteiger partial charge on any atom is 0.251 e. The minimum atomic E-state index is -1.46. The van der Waals surface area contributed by atoms with Gasteiger partial charge in [0.2, 0.25) is 0 Å². The monoisotopic (exact) mass is 308 g/mol. The van der Waals surface area contributed by atoms with Crippen LogP contribution in [0.3, 0.4) is 0 Å². The Labute approximate surface area is 124 Å². The Kier molecular flexibility index (Phi) is 3.64. The third-order valence-corrected chi connectivity index (χ3v) is 3.66. The molecule has 1 unspecified atom stereocenters. The summed E-state index contributed by atoms with van der Waals surface area (Å²) >= 11 is 0. The number of ether oxygens (including phenoxy) is 1. The smallest absolute Gasteiger partial charge is 0.251 e. The second-order valence-electron chi connectivity index (χ2n) is 5.00. The van der Waals surface area contributed by atoms with Crippen molar-refractivity contribution < 1.29 is 19.7 Å². The lowest BCUT2D eigenvalue weighted by Crippen LogP contribution is -2.44. The molecule has 0 aromatic carbocycles. The lowest BCUT2D eigenvalue weighted by molar-refractivity contribution is -0.142. The molecule has 0 bridgehead atoms. The van der Waals surface area contributed by atoms with Crippen molar-refractivity contribution in [2.75, 3.05) is 12.8 Å². The standard InChI is InChI=1S/C12H16N6O4/c1-14-12(21)8(20)9-5(19)2-6(22-9)18-4-17-7-10(13)15-3-16-11(7)18/h3-6,8-9,19-20H,2H2,1H3,(H,14,21)(H2,13,15,16)/t5-,6+,8?,9-/m0/s1. The van der Waals surface area contributed by atoms with E-state index >= 15 is 0 Å². The fourth-order valence-corrected chi connectivity index (χ4v) is 2.51. The van der Waals surface area contributed by atoms with Crippen LogP contribution in [0.5, 0.6) is 0 Å². The highest BCUT2D eigenvalue weighted by Gasteiger charge is 2.42. The van der Waals surface area contributed by atoms with Gasteiger partial charge in [0.05, 0.1) is 12.4 Å². The summed E-state index contributed by atoms with van der Waals surface area (Å²) < 4.78 is 7.20. The molecule has 0 spiro atoms. The lowest BCUT2D eigenvalue weighted by atomic mass is 10.1. The van der Waals surface area contributed by atoms with Crippen molar-refractivity contribution in [1.82, 2.24) is 24.8 Å². The molecule has 3 rings (SSSR count). The number of nitrogen functional groups attached to an aromatic ring is 1. The molecule has 0 saturated carbocycles. The van der Waals surface area contributed by atoms with Crippen LogP contribution in [0.4, 0.5) is 5.82 Å². The summed E-state index contributed by atoms with van der Waals surface area (Å²) in [5.74, 6) is -0.379. The predicted octanol–water partition coefficient (Wildman–Crippen LogP) is -1.84. The molecule has 1 aliphatic heterocycles. The normalized spacial score (nSPS) is 26.2. The van der Waals surface area contributed by atoms with E-state index in [9.17, 15) is 15.0 Å². The molecule has 0 aliphatic carbocycles. The van der Waals surface area contributed by atoms with E-state index < -0.39 is 30.4 Å². The van der Waals surface area contributed by atoms with Crippen molar-refractivity contribution in [2.45, 2.75) is 31.0 Å². The Morgan fingerprint density at radius 1 is 1.55 bits per heavy atom. The minimum Gasteiger partial charge on any atom is -0.390 e. The number of aromatic nitrogens is 4. The van der Waals surface area contributed by atoms with E-state index in [1.807, 2.05) is 0 Å². The van der Waals surface area contributed by atoms with E-state index in [-0.39, 0.29) is 12.2 Å². The van der Waals surface area contributed by atoms with Crippen molar-refractivity contribution in [3.05, 3.63) is 12.7 Å². The maximum absolute atomic E-state index is 11.5. The molecule has 3 heterocycles. The highest BCUT2D eigenvalue weighted by molar-refractivity contribution is 5.81. The number of nitrogens with two attached hydrogens (primary N) is 1. The summed E-state index contributed by atoms with van der Waals surface area (Å²) in [7, 11) is 1.40. The average Bonchev–Trinajstić information content (AvgIpc) is 3.10. The number of nitrogens with one attached hydrogen (secondary N) is 1. The van der Waals surface area contributed by atoms with Crippen LogP contribution in [0.1, 0.15) is 12.6 Å². The first kappa shape index (κ1) is 14.6. The molecule has 4 atom stereocenters. The molecule has 5 N–H and O–H groups in total. The number of carbonyl (C=O) groups is 1. The van der Waals surface area contributed by atoms with Crippen LogP contribution in [-0.2, 0) is 9.53 Å². The van der Waals surface area contributed by atoms with E-state index in [4.69, 9.17) is 10.5 Å². The Balaban J connectivity index is 1.87. The zero-order valence-corrected chi connectivity index (χ0v) is 11.7. The lowest BCUT2D eigenvalue weighted by Gasteiger charge is -2.20. The van der Waals surface area contributed by atoms with Gasteiger partial charge in [-0.05, 0) is 0 Å². The SMILES string of the molecule is CNC(=O)C(O)[C@H]1O[C@@H](n2cnc3c(N)ncnc32)C[C@@H]1O. The van der Waals surface area contributed by atoms with E-state index in [0.717, 1.165) is 0 Å². The van der Waals surface area contributed by atoms with Gasteiger partial charge in [-0.15, -0.1) is 0 Å². The average molecular weight is 308 g/mol. The first-order valence-corrected chi connectivity index (χ1v) is 6.69. The second kappa shape index (κ2) is 5.48. The molecular formula is C12H16N6O4. The number of nitrogens with zero attached hydrogens (tertiary/aromatic N) is 4. The van der Waals surface area contributed by atoms with Crippen molar-refractivity contribution in [2.24, 2.45) is 0 Å². The molecule has 1 fully saturated rings. The summed E-state index contributed by atoms with van der Waals surface area (Å²) in [6.45, 7) is 0. The first-order valence-electron chi connectivity index (χ1n) is 6.69. The van der Waals surface area contributed by atoms with Crippen LogP contribution in [-0.4, -0.2) is 61.0 Å². The van der Waals surface area contributed by atoms with Gasteiger partial charge in [0.15, 0.2) is 17.6 Å². The Morgan fingerprint density at radius 2 is 2.32 bits per heavy atom. The van der Waals surface area contributed by atoms with Crippen LogP contribution >= 0.6 is 0 Å². The van der Waals surface area contributed by atoms with Gasteiger partial charge in [-0.1, -0.05) is 0 Å². The molecule has 10 nitrogen and oxygen atoms in total. The summed E-state index contributed by atoms with van der Waals surface area (Å²) in [6.07, 6.45) is -1.12. The molecule has 2 aromatic rings. The van der Waals surface area contributed by atoms with Crippen molar-refractivity contribution >= 4 is 22.9 Å². The van der Waals surface area contributed by atoms with Gasteiger partial charge in [-0.3, -0.25) is 9.36 Å². The van der Waals surface area contributed by atoms with Gasteiger partial charge >= 0.3 is 0 Å². The van der Waals surface area contributed by atoms with Gasteiger partial charge in [0, 0.05) is 13.5 Å². The number of aliphatic hydroxyl groups is 2. The molecule has 22 heavy (non-hydrogen) atoms. The first-order chi connectivity index (χ1) is 10.5. The number of hydrogen-bond acceptors (Lipinski definition) is 8. The Bertz CT molecular complexity index is 704. The quantitative estimate of drug-likeness (QED) is 0.517. The number of likely N-dealkylation sites (N-methyl/N-ethyl adjacent to an activating group) is 1. The van der Waals surface area contributed by atoms with Crippen LogP contribution in [0.2, 0.25) is 0 Å².